The van der Waals surface area contributed by atoms with E-state index in [-0.39, 0.29) is 17.0 Å². The molecule has 3 aromatic heterocycles. The van der Waals surface area contributed by atoms with Gasteiger partial charge in [-0.15, -0.1) is 0 Å². The van der Waals surface area contributed by atoms with Crippen molar-refractivity contribution < 1.29 is 14.1 Å². The number of amides is 1. The van der Waals surface area contributed by atoms with Crippen LogP contribution in [0.1, 0.15) is 26.5 Å². The van der Waals surface area contributed by atoms with E-state index in [1.54, 1.807) is 17.0 Å². The number of nitrogens with zero attached hydrogens (tertiary/aromatic N) is 5. The number of carbonyl (C=O) groups is 1. The van der Waals surface area contributed by atoms with Crippen LogP contribution in [0.15, 0.2) is 53.6 Å². The number of imidazole rings is 1. The number of anilines is 1. The van der Waals surface area contributed by atoms with Crippen molar-refractivity contribution in [3.8, 4) is 11.7 Å². The Labute approximate surface area is 160 Å². The van der Waals surface area contributed by atoms with Gasteiger partial charge >= 0.3 is 6.09 Å². The molecule has 3 heterocycles. The van der Waals surface area contributed by atoms with E-state index in [2.05, 4.69) is 25.4 Å². The first-order valence-corrected chi connectivity index (χ1v) is 8.61. The minimum absolute atomic E-state index is 0.199. The molecule has 0 saturated carbocycles. The molecule has 0 radical (unpaired) electrons. The lowest BCUT2D eigenvalue weighted by molar-refractivity contribution is 0.214. The number of rotatable bonds is 3. The van der Waals surface area contributed by atoms with Gasteiger partial charge < -0.3 is 9.26 Å². The van der Waals surface area contributed by atoms with Gasteiger partial charge in [0.2, 0.25) is 5.95 Å². The number of ether oxygens (including phenoxy) is 1. The molecule has 0 saturated heterocycles. The molecule has 4 aromatic rings. The summed E-state index contributed by atoms with van der Waals surface area (Å²) < 4.78 is 12.2. The molecule has 9 nitrogen and oxygen atoms in total. The molecule has 1 N–H and O–H groups in total. The molecule has 4 rings (SSSR count). The molecule has 0 spiro atoms. The van der Waals surface area contributed by atoms with Gasteiger partial charge in [-0.2, -0.15) is 0 Å². The summed E-state index contributed by atoms with van der Waals surface area (Å²) >= 11 is 0. The van der Waals surface area contributed by atoms with Crippen LogP contribution >= 0.6 is 0 Å². The van der Waals surface area contributed by atoms with E-state index in [9.17, 15) is 4.79 Å². The maximum Gasteiger partial charge on any atom is 0.418 e. The monoisotopic (exact) mass is 378 g/mol. The fourth-order valence-electron chi connectivity index (χ4n) is 2.53. The van der Waals surface area contributed by atoms with Crippen LogP contribution in [0.2, 0.25) is 0 Å². The summed E-state index contributed by atoms with van der Waals surface area (Å²) in [6, 6.07) is 9.31. The summed E-state index contributed by atoms with van der Waals surface area (Å²) in [5.74, 6) is 1.55. The standard InChI is InChI=1S/C19H18N6O3/c1-19(2,3)15-8-16(24-28-15)23-18(26)27-12-9-20-17(21-10-12)25-11-22-13-6-4-5-7-14(13)25/h4-11H,1-3H3,(H,23,24,26). The quantitative estimate of drug-likeness (QED) is 0.579. The number of hydrogen-bond acceptors (Lipinski definition) is 7. The van der Waals surface area contributed by atoms with E-state index in [0.717, 1.165) is 11.0 Å². The number of benzene rings is 1. The van der Waals surface area contributed by atoms with Crippen LogP contribution < -0.4 is 10.1 Å². The molecule has 142 valence electrons. The summed E-state index contributed by atoms with van der Waals surface area (Å²) in [5, 5.41) is 6.33. The number of fused-ring (bicyclic) bond motifs is 1. The molecule has 0 fully saturated rings. The molecule has 1 aromatic carbocycles. The van der Waals surface area contributed by atoms with Gasteiger partial charge in [-0.3, -0.25) is 9.88 Å². The average Bonchev–Trinajstić information content (AvgIpc) is 3.29. The highest BCUT2D eigenvalue weighted by atomic mass is 16.6. The third-order valence-electron chi connectivity index (χ3n) is 3.97. The van der Waals surface area contributed by atoms with Crippen molar-refractivity contribution in [2.24, 2.45) is 0 Å². The zero-order valence-corrected chi connectivity index (χ0v) is 15.6. The highest BCUT2D eigenvalue weighted by Crippen LogP contribution is 2.24. The van der Waals surface area contributed by atoms with Gasteiger partial charge in [0.1, 0.15) is 12.1 Å². The van der Waals surface area contributed by atoms with Crippen LogP contribution in [0, 0.1) is 0 Å². The number of hydrogen-bond donors (Lipinski definition) is 1. The molecule has 1 amide bonds. The Hall–Kier alpha value is -3.75. The lowest BCUT2D eigenvalue weighted by atomic mass is 9.93. The van der Waals surface area contributed by atoms with Crippen LogP contribution in [0.3, 0.4) is 0 Å². The van der Waals surface area contributed by atoms with Gasteiger partial charge in [0.25, 0.3) is 0 Å². The normalized spacial score (nSPS) is 11.5. The van der Waals surface area contributed by atoms with Crippen LogP contribution in [-0.4, -0.2) is 30.8 Å². The Morgan fingerprint density at radius 1 is 1.14 bits per heavy atom. The Balaban J connectivity index is 1.44. The molecule has 0 aliphatic carbocycles. The number of carbonyl (C=O) groups excluding carboxylic acids is 1. The van der Waals surface area contributed by atoms with E-state index in [1.807, 2.05) is 45.0 Å². The predicted molar refractivity (Wildman–Crippen MR) is 102 cm³/mol. The first kappa shape index (κ1) is 17.7. The molecule has 0 atom stereocenters. The largest absolute Gasteiger partial charge is 0.418 e. The van der Waals surface area contributed by atoms with Crippen molar-refractivity contribution in [3.05, 3.63) is 54.8 Å². The fraction of sp³-hybridized carbons (Fsp3) is 0.211. The minimum Gasteiger partial charge on any atom is -0.407 e. The first-order chi connectivity index (χ1) is 13.4. The molecule has 0 unspecified atom stereocenters. The zero-order valence-electron chi connectivity index (χ0n) is 15.6. The van der Waals surface area contributed by atoms with Crippen molar-refractivity contribution in [2.75, 3.05) is 5.32 Å². The van der Waals surface area contributed by atoms with E-state index in [4.69, 9.17) is 9.26 Å². The van der Waals surface area contributed by atoms with E-state index < -0.39 is 6.09 Å². The molecular formula is C19H18N6O3. The van der Waals surface area contributed by atoms with Crippen molar-refractivity contribution in [1.29, 1.82) is 0 Å². The van der Waals surface area contributed by atoms with Crippen molar-refractivity contribution >= 4 is 22.9 Å². The van der Waals surface area contributed by atoms with Crippen LogP contribution in [0.5, 0.6) is 5.75 Å². The summed E-state index contributed by atoms with van der Waals surface area (Å²) in [6.45, 7) is 5.95. The number of nitrogens with one attached hydrogen (secondary N) is 1. The number of para-hydroxylation sites is 2. The predicted octanol–water partition coefficient (Wildman–Crippen LogP) is 3.71. The van der Waals surface area contributed by atoms with Gasteiger partial charge in [-0.05, 0) is 12.1 Å². The SMILES string of the molecule is CC(C)(C)c1cc(NC(=O)Oc2cnc(-n3cnc4ccccc43)nc2)no1. The summed E-state index contributed by atoms with van der Waals surface area (Å²) in [6.07, 6.45) is 3.77. The second kappa shape index (κ2) is 6.76. The third-order valence-corrected chi connectivity index (χ3v) is 3.97. The van der Waals surface area contributed by atoms with Crippen molar-refractivity contribution in [3.63, 3.8) is 0 Å². The van der Waals surface area contributed by atoms with E-state index in [0.29, 0.717) is 11.7 Å². The Morgan fingerprint density at radius 3 is 2.61 bits per heavy atom. The zero-order chi connectivity index (χ0) is 19.7. The molecule has 9 heteroatoms. The summed E-state index contributed by atoms with van der Waals surface area (Å²) in [7, 11) is 0. The van der Waals surface area contributed by atoms with E-state index in [1.165, 1.54) is 12.4 Å². The second-order valence-corrected chi connectivity index (χ2v) is 7.16. The van der Waals surface area contributed by atoms with Crippen molar-refractivity contribution in [2.45, 2.75) is 26.2 Å². The molecule has 0 aliphatic heterocycles. The highest BCUT2D eigenvalue weighted by Gasteiger charge is 2.20. The third kappa shape index (κ3) is 3.54. The average molecular weight is 378 g/mol. The lowest BCUT2D eigenvalue weighted by Gasteiger charge is -2.12. The molecule has 0 aliphatic rings. The maximum absolute atomic E-state index is 12.0. The Kier molecular flexibility index (Phi) is 4.26. The minimum atomic E-state index is -0.710. The van der Waals surface area contributed by atoms with Crippen LogP contribution in [-0.2, 0) is 5.41 Å². The van der Waals surface area contributed by atoms with Gasteiger partial charge in [0, 0.05) is 11.5 Å². The van der Waals surface area contributed by atoms with E-state index >= 15 is 0 Å². The van der Waals surface area contributed by atoms with Crippen molar-refractivity contribution in [1.82, 2.24) is 24.7 Å². The first-order valence-electron chi connectivity index (χ1n) is 8.61. The number of aromatic nitrogens is 5. The van der Waals surface area contributed by atoms with Gasteiger partial charge in [0.15, 0.2) is 11.6 Å². The lowest BCUT2D eigenvalue weighted by Crippen LogP contribution is -2.17. The Morgan fingerprint density at radius 2 is 1.89 bits per heavy atom. The smallest absolute Gasteiger partial charge is 0.407 e. The summed E-state index contributed by atoms with van der Waals surface area (Å²) in [4.78, 5) is 24.8. The van der Waals surface area contributed by atoms with Gasteiger partial charge in [0.05, 0.1) is 23.4 Å². The van der Waals surface area contributed by atoms with Gasteiger partial charge in [-0.1, -0.05) is 38.1 Å². The topological polar surface area (TPSA) is 108 Å². The summed E-state index contributed by atoms with van der Waals surface area (Å²) in [5.41, 5.74) is 1.51. The maximum atomic E-state index is 12.0. The van der Waals surface area contributed by atoms with Crippen LogP contribution in [0.25, 0.3) is 17.0 Å². The molecule has 0 bridgehead atoms. The van der Waals surface area contributed by atoms with Gasteiger partial charge in [-0.25, -0.2) is 19.7 Å². The molecule has 28 heavy (non-hydrogen) atoms. The Bertz CT molecular complexity index is 1120. The molecular weight excluding hydrogens is 360 g/mol. The van der Waals surface area contributed by atoms with Crippen LogP contribution in [0.4, 0.5) is 10.6 Å². The second-order valence-electron chi connectivity index (χ2n) is 7.16. The highest BCUT2D eigenvalue weighted by molar-refractivity contribution is 5.85. The fourth-order valence-corrected chi connectivity index (χ4v) is 2.53.